The van der Waals surface area contributed by atoms with E-state index in [1.165, 1.54) is 11.8 Å². The van der Waals surface area contributed by atoms with Gasteiger partial charge in [-0.2, -0.15) is 5.10 Å². The van der Waals surface area contributed by atoms with Crippen molar-refractivity contribution in [2.24, 2.45) is 0 Å². The van der Waals surface area contributed by atoms with E-state index >= 15 is 0 Å². The molecule has 2 fully saturated rings. The smallest absolute Gasteiger partial charge is 0.249 e. The van der Waals surface area contributed by atoms with Gasteiger partial charge in [0.1, 0.15) is 11.9 Å². The van der Waals surface area contributed by atoms with E-state index in [1.807, 2.05) is 0 Å². The van der Waals surface area contributed by atoms with Gasteiger partial charge in [0.15, 0.2) is 0 Å². The summed E-state index contributed by atoms with van der Waals surface area (Å²) in [4.78, 5) is 29.9. The number of carbonyl (C=O) groups excluding carboxylic acids is 2. The predicted octanol–water partition coefficient (Wildman–Crippen LogP) is 1.12. The molecular formula is C22H28FN7O2. The number of nitrogens with one attached hydrogen (secondary N) is 3. The fourth-order valence-corrected chi connectivity index (χ4v) is 4.78. The number of nitrogens with zero attached hydrogens (tertiary/aromatic N) is 4. The van der Waals surface area contributed by atoms with Crippen LogP contribution in [0.2, 0.25) is 0 Å². The van der Waals surface area contributed by atoms with Gasteiger partial charge in [0.2, 0.25) is 11.8 Å². The zero-order valence-corrected chi connectivity index (χ0v) is 17.9. The lowest BCUT2D eigenvalue weighted by atomic mass is 9.92. The second kappa shape index (κ2) is 8.95. The van der Waals surface area contributed by atoms with Crippen LogP contribution >= 0.6 is 0 Å². The number of anilines is 1. The number of likely N-dealkylation sites (tertiary alicyclic amines) is 1. The number of piperidine rings is 2. The number of carbonyl (C=O) groups is 2. The number of hydrogen-bond donors (Lipinski definition) is 3. The van der Waals surface area contributed by atoms with Crippen LogP contribution in [0, 0.1) is 5.82 Å². The Morgan fingerprint density at radius 1 is 1.16 bits per heavy atom. The van der Waals surface area contributed by atoms with E-state index in [0.717, 1.165) is 57.8 Å². The Balaban J connectivity index is 1.16. The van der Waals surface area contributed by atoms with Crippen LogP contribution in [0.1, 0.15) is 48.7 Å². The first kappa shape index (κ1) is 21.0. The molecule has 5 heterocycles. The zero-order valence-electron chi connectivity index (χ0n) is 17.9. The van der Waals surface area contributed by atoms with Crippen molar-refractivity contribution in [1.82, 2.24) is 30.3 Å². The van der Waals surface area contributed by atoms with Crippen molar-refractivity contribution in [2.45, 2.75) is 57.3 Å². The van der Waals surface area contributed by atoms with Crippen LogP contribution in [-0.4, -0.2) is 57.2 Å². The highest BCUT2D eigenvalue weighted by molar-refractivity contribution is 6.01. The van der Waals surface area contributed by atoms with E-state index in [2.05, 4.69) is 36.6 Å². The number of imide groups is 1. The van der Waals surface area contributed by atoms with Crippen LogP contribution in [-0.2, 0) is 29.2 Å². The molecule has 0 aliphatic carbocycles. The van der Waals surface area contributed by atoms with Crippen molar-refractivity contribution in [3.63, 3.8) is 0 Å². The van der Waals surface area contributed by atoms with Gasteiger partial charge in [-0.3, -0.25) is 29.5 Å². The predicted molar refractivity (Wildman–Crippen MR) is 115 cm³/mol. The van der Waals surface area contributed by atoms with Crippen LogP contribution in [0.25, 0.3) is 0 Å². The Morgan fingerprint density at radius 2 is 2.00 bits per heavy atom. The van der Waals surface area contributed by atoms with Crippen LogP contribution in [0.3, 0.4) is 0 Å². The number of halogens is 1. The molecule has 10 heteroatoms. The first-order valence-corrected chi connectivity index (χ1v) is 11.3. The summed E-state index contributed by atoms with van der Waals surface area (Å²) in [5, 5.41) is 13.4. The zero-order chi connectivity index (χ0) is 22.1. The molecule has 0 radical (unpaired) electrons. The molecule has 5 rings (SSSR count). The lowest BCUT2D eigenvalue weighted by Crippen LogP contribution is -2.47. The third kappa shape index (κ3) is 4.51. The molecule has 2 aromatic heterocycles. The third-order valence-electron chi connectivity index (χ3n) is 6.53. The van der Waals surface area contributed by atoms with E-state index in [4.69, 9.17) is 5.10 Å². The Labute approximate surface area is 185 Å². The van der Waals surface area contributed by atoms with E-state index in [9.17, 15) is 14.0 Å². The summed E-state index contributed by atoms with van der Waals surface area (Å²) < 4.78 is 16.9. The monoisotopic (exact) mass is 441 g/mol. The molecule has 0 saturated carbocycles. The van der Waals surface area contributed by atoms with E-state index in [-0.39, 0.29) is 30.0 Å². The maximum absolute atomic E-state index is 14.8. The number of aromatic nitrogens is 3. The van der Waals surface area contributed by atoms with Crippen LogP contribution in [0.5, 0.6) is 0 Å². The molecule has 3 aliphatic heterocycles. The highest BCUT2D eigenvalue weighted by Crippen LogP contribution is 2.30. The largest absolute Gasteiger partial charge is 0.372 e. The second-order valence-corrected chi connectivity index (χ2v) is 8.82. The molecule has 0 aromatic carbocycles. The molecule has 1 atom stereocenters. The summed E-state index contributed by atoms with van der Waals surface area (Å²) in [7, 11) is 0. The first-order valence-electron chi connectivity index (χ1n) is 11.3. The lowest BCUT2D eigenvalue weighted by molar-refractivity contribution is -0.133. The normalized spacial score (nSPS) is 22.5. The van der Waals surface area contributed by atoms with E-state index < -0.39 is 6.04 Å². The summed E-state index contributed by atoms with van der Waals surface area (Å²) in [6, 6.07) is 3.03. The highest BCUT2D eigenvalue weighted by atomic mass is 19.1. The fourth-order valence-electron chi connectivity index (χ4n) is 4.78. The second-order valence-electron chi connectivity index (χ2n) is 8.82. The number of amides is 2. The third-order valence-corrected chi connectivity index (χ3v) is 6.53. The maximum Gasteiger partial charge on any atom is 0.249 e. The van der Waals surface area contributed by atoms with Crippen LogP contribution in [0.4, 0.5) is 10.1 Å². The molecule has 2 amide bonds. The van der Waals surface area contributed by atoms with Gasteiger partial charge in [0, 0.05) is 38.0 Å². The van der Waals surface area contributed by atoms with Gasteiger partial charge in [0.05, 0.1) is 35.5 Å². The molecule has 2 saturated heterocycles. The van der Waals surface area contributed by atoms with Crippen LogP contribution in [0.15, 0.2) is 18.3 Å². The number of pyridine rings is 1. The van der Waals surface area contributed by atoms with Crippen molar-refractivity contribution >= 4 is 17.5 Å². The molecule has 32 heavy (non-hydrogen) atoms. The molecular weight excluding hydrogens is 413 g/mol. The van der Waals surface area contributed by atoms with Gasteiger partial charge >= 0.3 is 0 Å². The van der Waals surface area contributed by atoms with Gasteiger partial charge in [-0.15, -0.1) is 0 Å². The minimum Gasteiger partial charge on any atom is -0.372 e. The Bertz CT molecular complexity index is 992. The number of rotatable bonds is 5. The topological polar surface area (TPSA) is 104 Å². The SMILES string of the molecule is O=C1CCC(Nc2cnc(C3CCN(Cc4cc5n(n4)CCNC5)CC3)c(F)c2)C(=O)N1. The molecule has 3 aliphatic rings. The average Bonchev–Trinajstić information content (AvgIpc) is 3.19. The van der Waals surface area contributed by atoms with Gasteiger partial charge in [-0.25, -0.2) is 4.39 Å². The van der Waals surface area contributed by atoms with Crippen molar-refractivity contribution in [1.29, 1.82) is 0 Å². The van der Waals surface area contributed by atoms with Crippen molar-refractivity contribution < 1.29 is 14.0 Å². The van der Waals surface area contributed by atoms with Crippen molar-refractivity contribution in [3.8, 4) is 0 Å². The minimum absolute atomic E-state index is 0.0790. The molecule has 2 aromatic rings. The summed E-state index contributed by atoms with van der Waals surface area (Å²) in [6.45, 7) is 5.31. The van der Waals surface area contributed by atoms with E-state index in [1.54, 1.807) is 6.20 Å². The molecule has 9 nitrogen and oxygen atoms in total. The molecule has 1 unspecified atom stereocenters. The Morgan fingerprint density at radius 3 is 2.75 bits per heavy atom. The van der Waals surface area contributed by atoms with Gasteiger partial charge in [-0.1, -0.05) is 0 Å². The molecule has 3 N–H and O–H groups in total. The standard InChI is InChI=1S/C22H28FN7O2/c23-18-10-15(26-19-1-2-20(31)27-22(19)32)11-25-21(18)14-3-6-29(7-4-14)13-16-9-17-12-24-5-8-30(17)28-16/h9-11,14,19,24,26H,1-8,12-13H2,(H,27,31,32). The van der Waals surface area contributed by atoms with Gasteiger partial charge < -0.3 is 10.6 Å². The Hall–Kier alpha value is -2.85. The molecule has 0 bridgehead atoms. The Kier molecular flexibility index (Phi) is 5.88. The first-order chi connectivity index (χ1) is 15.5. The minimum atomic E-state index is -0.549. The van der Waals surface area contributed by atoms with Crippen molar-refractivity contribution in [2.75, 3.05) is 25.0 Å². The summed E-state index contributed by atoms with van der Waals surface area (Å²) in [6.07, 6.45) is 3.94. The lowest BCUT2D eigenvalue weighted by Gasteiger charge is -2.31. The quantitative estimate of drug-likeness (QED) is 0.598. The van der Waals surface area contributed by atoms with Crippen molar-refractivity contribution in [3.05, 3.63) is 41.2 Å². The maximum atomic E-state index is 14.8. The van der Waals surface area contributed by atoms with Crippen LogP contribution < -0.4 is 16.0 Å². The van der Waals surface area contributed by atoms with E-state index in [0.29, 0.717) is 17.8 Å². The highest BCUT2D eigenvalue weighted by Gasteiger charge is 2.28. The summed E-state index contributed by atoms with van der Waals surface area (Å²) in [5.41, 5.74) is 3.27. The molecule has 0 spiro atoms. The average molecular weight is 442 g/mol. The van der Waals surface area contributed by atoms with Gasteiger partial charge in [0.25, 0.3) is 0 Å². The van der Waals surface area contributed by atoms with Gasteiger partial charge in [-0.05, 0) is 38.4 Å². The number of fused-ring (bicyclic) bond motifs is 1. The summed E-state index contributed by atoms with van der Waals surface area (Å²) >= 11 is 0. The summed E-state index contributed by atoms with van der Waals surface area (Å²) in [5.74, 6) is -0.929. The molecule has 170 valence electrons. The fraction of sp³-hybridized carbons (Fsp3) is 0.545. The number of hydrogen-bond acceptors (Lipinski definition) is 7.